The number of fused-ring (bicyclic) bond motifs is 1. The lowest BCUT2D eigenvalue weighted by atomic mass is 10.0. The molecule has 0 spiro atoms. The first-order valence-electron chi connectivity index (χ1n) is 8.28. The number of nitrogens with two attached hydrogens (primary N) is 1. The van der Waals surface area contributed by atoms with Crippen molar-refractivity contribution in [3.8, 4) is 11.1 Å². The quantitative estimate of drug-likeness (QED) is 0.445. The summed E-state index contributed by atoms with van der Waals surface area (Å²) in [6.07, 6.45) is 0.842. The number of nitrogens with one attached hydrogen (secondary N) is 1. The van der Waals surface area contributed by atoms with E-state index in [9.17, 15) is 4.79 Å². The number of anilines is 3. The Hall–Kier alpha value is -3.25. The van der Waals surface area contributed by atoms with Crippen molar-refractivity contribution in [1.29, 1.82) is 0 Å². The molecule has 0 saturated heterocycles. The van der Waals surface area contributed by atoms with E-state index in [1.54, 1.807) is 6.07 Å². The van der Waals surface area contributed by atoms with Crippen LogP contribution in [-0.2, 0) is 0 Å². The Labute approximate surface area is 164 Å². The van der Waals surface area contributed by atoms with Crippen LogP contribution in [0.2, 0.25) is 0 Å². The molecule has 3 aromatic carbocycles. The molecule has 0 bridgehead atoms. The van der Waals surface area contributed by atoms with Gasteiger partial charge in [0.2, 0.25) is 5.95 Å². The molecule has 3 N–H and O–H groups in total. The van der Waals surface area contributed by atoms with E-state index in [2.05, 4.69) is 31.2 Å². The number of rotatable bonds is 4. The van der Waals surface area contributed by atoms with Crippen LogP contribution in [0.3, 0.4) is 0 Å². The zero-order valence-electron chi connectivity index (χ0n) is 14.2. The normalized spacial score (nSPS) is 10.7. The predicted octanol–water partition coefficient (Wildman–Crippen LogP) is 5.20. The van der Waals surface area contributed by atoms with Crippen LogP contribution in [0.15, 0.2) is 71.2 Å². The van der Waals surface area contributed by atoms with Gasteiger partial charge in [0.15, 0.2) is 0 Å². The SMILES string of the molecule is Nc1nc(Nc2cccc(Br)c2)c2cc(-c3cccc(C=O)c3)ccc2n1. The number of nitrogens with zero attached hydrogens (tertiary/aromatic N) is 2. The molecule has 1 aromatic heterocycles. The summed E-state index contributed by atoms with van der Waals surface area (Å²) in [5.74, 6) is 0.833. The first-order chi connectivity index (χ1) is 13.1. The van der Waals surface area contributed by atoms with E-state index in [4.69, 9.17) is 5.73 Å². The Morgan fingerprint density at radius 1 is 0.926 bits per heavy atom. The third-order valence-electron chi connectivity index (χ3n) is 4.16. The van der Waals surface area contributed by atoms with E-state index in [0.717, 1.165) is 38.5 Å². The molecule has 5 nitrogen and oxygen atoms in total. The zero-order valence-corrected chi connectivity index (χ0v) is 15.8. The Bertz CT molecular complexity index is 1160. The summed E-state index contributed by atoms with van der Waals surface area (Å²) in [6, 6.07) is 21.1. The van der Waals surface area contributed by atoms with Gasteiger partial charge >= 0.3 is 0 Å². The number of halogens is 1. The number of nitrogen functional groups attached to an aromatic ring is 1. The summed E-state index contributed by atoms with van der Waals surface area (Å²) >= 11 is 3.47. The van der Waals surface area contributed by atoms with Crippen LogP contribution in [0.25, 0.3) is 22.0 Å². The van der Waals surface area contributed by atoms with Crippen LogP contribution in [0.4, 0.5) is 17.5 Å². The minimum absolute atomic E-state index is 0.204. The number of benzene rings is 3. The highest BCUT2D eigenvalue weighted by molar-refractivity contribution is 9.10. The van der Waals surface area contributed by atoms with Gasteiger partial charge in [-0.1, -0.05) is 46.3 Å². The first kappa shape index (κ1) is 17.2. The van der Waals surface area contributed by atoms with Crippen LogP contribution < -0.4 is 11.1 Å². The number of aromatic nitrogens is 2. The highest BCUT2D eigenvalue weighted by Crippen LogP contribution is 2.30. The molecule has 1 heterocycles. The second-order valence-electron chi connectivity index (χ2n) is 6.04. The van der Waals surface area contributed by atoms with E-state index >= 15 is 0 Å². The van der Waals surface area contributed by atoms with Crippen molar-refractivity contribution in [3.05, 3.63) is 76.8 Å². The maximum absolute atomic E-state index is 11.1. The maximum atomic E-state index is 11.1. The number of aldehydes is 1. The lowest BCUT2D eigenvalue weighted by Gasteiger charge is -2.11. The summed E-state index contributed by atoms with van der Waals surface area (Å²) in [5.41, 5.74) is 10.1. The highest BCUT2D eigenvalue weighted by Gasteiger charge is 2.09. The van der Waals surface area contributed by atoms with Crippen molar-refractivity contribution in [1.82, 2.24) is 9.97 Å². The monoisotopic (exact) mass is 418 g/mol. The molecule has 0 fully saturated rings. The molecule has 132 valence electrons. The predicted molar refractivity (Wildman–Crippen MR) is 112 cm³/mol. The molecule has 0 amide bonds. The van der Waals surface area contributed by atoms with Gasteiger partial charge in [0.1, 0.15) is 12.1 Å². The molecule has 0 aliphatic rings. The molecule has 27 heavy (non-hydrogen) atoms. The second-order valence-corrected chi connectivity index (χ2v) is 6.96. The number of hydrogen-bond acceptors (Lipinski definition) is 5. The van der Waals surface area contributed by atoms with Crippen molar-refractivity contribution in [2.75, 3.05) is 11.1 Å². The Morgan fingerprint density at radius 2 is 1.74 bits per heavy atom. The van der Waals surface area contributed by atoms with Crippen molar-refractivity contribution >= 4 is 50.6 Å². The molecule has 0 atom stereocenters. The van der Waals surface area contributed by atoms with Gasteiger partial charge in [-0.3, -0.25) is 4.79 Å². The van der Waals surface area contributed by atoms with E-state index in [1.165, 1.54) is 0 Å². The van der Waals surface area contributed by atoms with Gasteiger partial charge in [0.25, 0.3) is 0 Å². The van der Waals surface area contributed by atoms with E-state index in [0.29, 0.717) is 11.4 Å². The van der Waals surface area contributed by atoms with Gasteiger partial charge in [-0.2, -0.15) is 4.98 Å². The third-order valence-corrected chi connectivity index (χ3v) is 4.65. The lowest BCUT2D eigenvalue weighted by molar-refractivity contribution is 0.112. The van der Waals surface area contributed by atoms with Gasteiger partial charge in [0.05, 0.1) is 5.52 Å². The average Bonchev–Trinajstić information content (AvgIpc) is 2.68. The third kappa shape index (κ3) is 3.66. The molecule has 0 saturated carbocycles. The molecule has 4 rings (SSSR count). The topological polar surface area (TPSA) is 80.9 Å². The van der Waals surface area contributed by atoms with Crippen LogP contribution in [0.1, 0.15) is 10.4 Å². The number of carbonyl (C=O) groups is 1. The summed E-state index contributed by atoms with van der Waals surface area (Å²) in [5, 5.41) is 4.16. The van der Waals surface area contributed by atoms with Crippen LogP contribution in [0.5, 0.6) is 0 Å². The van der Waals surface area contributed by atoms with E-state index < -0.39 is 0 Å². The molecule has 6 heteroatoms. The van der Waals surface area contributed by atoms with Crippen molar-refractivity contribution < 1.29 is 4.79 Å². The summed E-state index contributed by atoms with van der Waals surface area (Å²) < 4.78 is 0.963. The van der Waals surface area contributed by atoms with Gasteiger partial charge < -0.3 is 11.1 Å². The summed E-state index contributed by atoms with van der Waals surface area (Å²) in [7, 11) is 0. The molecule has 0 unspecified atom stereocenters. The van der Waals surface area contributed by atoms with Crippen molar-refractivity contribution in [2.45, 2.75) is 0 Å². The highest BCUT2D eigenvalue weighted by atomic mass is 79.9. The second kappa shape index (κ2) is 7.17. The fourth-order valence-electron chi connectivity index (χ4n) is 2.92. The molecule has 0 aliphatic carbocycles. The summed E-state index contributed by atoms with van der Waals surface area (Å²) in [6.45, 7) is 0. The minimum atomic E-state index is 0.204. The Balaban J connectivity index is 1.84. The van der Waals surface area contributed by atoms with Gasteiger partial charge in [-0.25, -0.2) is 4.98 Å². The number of hydrogen-bond donors (Lipinski definition) is 2. The van der Waals surface area contributed by atoms with Crippen molar-refractivity contribution in [3.63, 3.8) is 0 Å². The molecular weight excluding hydrogens is 404 g/mol. The van der Waals surface area contributed by atoms with E-state index in [-0.39, 0.29) is 5.95 Å². The van der Waals surface area contributed by atoms with Crippen LogP contribution in [0, 0.1) is 0 Å². The fourth-order valence-corrected chi connectivity index (χ4v) is 3.31. The molecular formula is C21H15BrN4O. The van der Waals surface area contributed by atoms with Gasteiger partial charge in [0, 0.05) is 21.1 Å². The largest absolute Gasteiger partial charge is 0.368 e. The molecule has 0 radical (unpaired) electrons. The lowest BCUT2D eigenvalue weighted by Crippen LogP contribution is -2.01. The zero-order chi connectivity index (χ0) is 18.8. The summed E-state index contributed by atoms with van der Waals surface area (Å²) in [4.78, 5) is 19.8. The number of carbonyl (C=O) groups excluding carboxylic acids is 1. The minimum Gasteiger partial charge on any atom is -0.368 e. The smallest absolute Gasteiger partial charge is 0.222 e. The molecule has 0 aliphatic heterocycles. The fraction of sp³-hybridized carbons (Fsp3) is 0. The first-order valence-corrected chi connectivity index (χ1v) is 9.07. The standard InChI is InChI=1S/C21H15BrN4O/c22-16-5-2-6-17(11-16)24-20-18-10-15(7-8-19(18)25-21(23)26-20)14-4-1-3-13(9-14)12-27/h1-12H,(H3,23,24,25,26). The van der Waals surface area contributed by atoms with E-state index in [1.807, 2.05) is 60.7 Å². The van der Waals surface area contributed by atoms with Crippen LogP contribution in [-0.4, -0.2) is 16.3 Å². The Morgan fingerprint density at radius 3 is 2.56 bits per heavy atom. The molecule has 4 aromatic rings. The van der Waals surface area contributed by atoms with Crippen LogP contribution >= 0.6 is 15.9 Å². The average molecular weight is 419 g/mol. The van der Waals surface area contributed by atoms with Crippen molar-refractivity contribution in [2.24, 2.45) is 0 Å². The van der Waals surface area contributed by atoms with Gasteiger partial charge in [-0.05, 0) is 47.5 Å². The maximum Gasteiger partial charge on any atom is 0.222 e. The van der Waals surface area contributed by atoms with Gasteiger partial charge in [-0.15, -0.1) is 0 Å². The Kier molecular flexibility index (Phi) is 4.56.